The normalized spacial score (nSPS) is 10.1. The largest absolute Gasteiger partial charge is 0.484 e. The van der Waals surface area contributed by atoms with Crippen molar-refractivity contribution in [3.63, 3.8) is 0 Å². The minimum atomic E-state index is -0.0898. The molecule has 0 spiro atoms. The number of ether oxygens (including phenoxy) is 2. The fourth-order valence-corrected chi connectivity index (χ4v) is 1.43. The Balaban J connectivity index is 2.11. The summed E-state index contributed by atoms with van der Waals surface area (Å²) in [6.45, 7) is 3.47. The molecule has 0 saturated carbocycles. The average Bonchev–Trinajstić information content (AvgIpc) is 2.38. The highest BCUT2D eigenvalue weighted by atomic mass is 16.5. The van der Waals surface area contributed by atoms with Crippen molar-refractivity contribution in [2.24, 2.45) is 0 Å². The van der Waals surface area contributed by atoms with Gasteiger partial charge in [-0.2, -0.15) is 0 Å². The van der Waals surface area contributed by atoms with E-state index in [9.17, 15) is 4.79 Å². The van der Waals surface area contributed by atoms with E-state index in [0.29, 0.717) is 6.54 Å². The molecular weight excluding hydrogens is 230 g/mol. The first-order valence-electron chi connectivity index (χ1n) is 6.17. The molecule has 0 fully saturated rings. The molecule has 1 N–H and O–H groups in total. The van der Waals surface area contributed by atoms with Crippen LogP contribution in [-0.4, -0.2) is 32.8 Å². The summed E-state index contributed by atoms with van der Waals surface area (Å²) in [5, 5.41) is 2.80. The van der Waals surface area contributed by atoms with Gasteiger partial charge >= 0.3 is 0 Å². The lowest BCUT2D eigenvalue weighted by Gasteiger charge is -2.07. The fourth-order valence-electron chi connectivity index (χ4n) is 1.43. The number of aryl methyl sites for hydroxylation is 1. The number of unbranched alkanes of at least 4 members (excludes halogenated alkanes) is 1. The summed E-state index contributed by atoms with van der Waals surface area (Å²) in [4.78, 5) is 11.4. The summed E-state index contributed by atoms with van der Waals surface area (Å²) in [7, 11) is 1.67. The van der Waals surface area contributed by atoms with E-state index in [2.05, 4.69) is 5.32 Å². The smallest absolute Gasteiger partial charge is 0.257 e. The Hall–Kier alpha value is -1.55. The second-order valence-corrected chi connectivity index (χ2v) is 4.15. The Kier molecular flexibility index (Phi) is 6.87. The second-order valence-electron chi connectivity index (χ2n) is 4.15. The summed E-state index contributed by atoms with van der Waals surface area (Å²) in [6.07, 6.45) is 1.87. The predicted molar refractivity (Wildman–Crippen MR) is 70.8 cm³/mol. The third-order valence-electron chi connectivity index (χ3n) is 2.49. The standard InChI is InChI=1S/C14H21NO3/c1-12-5-7-13(8-6-12)18-11-14(16)15-9-3-4-10-17-2/h5-8H,3-4,9-11H2,1-2H3,(H,15,16). The molecule has 4 nitrogen and oxygen atoms in total. The third-order valence-corrected chi connectivity index (χ3v) is 2.49. The summed E-state index contributed by atoms with van der Waals surface area (Å²) in [5.41, 5.74) is 1.17. The highest BCUT2D eigenvalue weighted by Gasteiger charge is 2.01. The van der Waals surface area contributed by atoms with Crippen LogP contribution in [0.3, 0.4) is 0 Å². The van der Waals surface area contributed by atoms with Gasteiger partial charge < -0.3 is 14.8 Å². The topological polar surface area (TPSA) is 47.6 Å². The number of methoxy groups -OCH3 is 1. The maximum absolute atomic E-state index is 11.4. The molecule has 4 heteroatoms. The summed E-state index contributed by atoms with van der Waals surface area (Å²) in [6, 6.07) is 7.64. The Morgan fingerprint density at radius 3 is 2.61 bits per heavy atom. The van der Waals surface area contributed by atoms with E-state index in [1.165, 1.54) is 5.56 Å². The van der Waals surface area contributed by atoms with E-state index in [-0.39, 0.29) is 12.5 Å². The van der Waals surface area contributed by atoms with E-state index in [0.717, 1.165) is 25.2 Å². The number of hydrogen-bond donors (Lipinski definition) is 1. The van der Waals surface area contributed by atoms with Crippen LogP contribution in [0.1, 0.15) is 18.4 Å². The van der Waals surface area contributed by atoms with Crippen molar-refractivity contribution in [2.75, 3.05) is 26.9 Å². The van der Waals surface area contributed by atoms with Crippen LogP contribution in [-0.2, 0) is 9.53 Å². The van der Waals surface area contributed by atoms with Crippen molar-refractivity contribution in [3.05, 3.63) is 29.8 Å². The van der Waals surface area contributed by atoms with Crippen LogP contribution in [0.4, 0.5) is 0 Å². The second kappa shape index (κ2) is 8.53. The van der Waals surface area contributed by atoms with Crippen molar-refractivity contribution in [3.8, 4) is 5.75 Å². The van der Waals surface area contributed by atoms with Crippen LogP contribution in [0.2, 0.25) is 0 Å². The van der Waals surface area contributed by atoms with Gasteiger partial charge in [0.2, 0.25) is 0 Å². The van der Waals surface area contributed by atoms with Crippen LogP contribution < -0.4 is 10.1 Å². The number of carbonyl (C=O) groups is 1. The van der Waals surface area contributed by atoms with E-state index < -0.39 is 0 Å². The quantitative estimate of drug-likeness (QED) is 0.718. The highest BCUT2D eigenvalue weighted by Crippen LogP contribution is 2.10. The lowest BCUT2D eigenvalue weighted by molar-refractivity contribution is -0.123. The highest BCUT2D eigenvalue weighted by molar-refractivity contribution is 5.77. The van der Waals surface area contributed by atoms with Crippen LogP contribution in [0, 0.1) is 6.92 Å². The van der Waals surface area contributed by atoms with E-state index in [1.807, 2.05) is 31.2 Å². The zero-order valence-corrected chi connectivity index (χ0v) is 11.1. The molecule has 18 heavy (non-hydrogen) atoms. The van der Waals surface area contributed by atoms with Gasteiger partial charge in [0.25, 0.3) is 5.91 Å². The van der Waals surface area contributed by atoms with Crippen molar-refractivity contribution in [2.45, 2.75) is 19.8 Å². The first-order valence-corrected chi connectivity index (χ1v) is 6.17. The lowest BCUT2D eigenvalue weighted by Crippen LogP contribution is -2.29. The molecule has 0 aliphatic rings. The minimum absolute atomic E-state index is 0.0628. The molecule has 0 bridgehead atoms. The van der Waals surface area contributed by atoms with Gasteiger partial charge in [0.05, 0.1) is 0 Å². The van der Waals surface area contributed by atoms with Gasteiger partial charge in [-0.1, -0.05) is 17.7 Å². The number of amides is 1. The molecule has 0 aromatic heterocycles. The van der Waals surface area contributed by atoms with Crippen molar-refractivity contribution in [1.82, 2.24) is 5.32 Å². The van der Waals surface area contributed by atoms with Crippen LogP contribution in [0.5, 0.6) is 5.75 Å². The number of benzene rings is 1. The summed E-state index contributed by atoms with van der Waals surface area (Å²) < 4.78 is 10.3. The van der Waals surface area contributed by atoms with Gasteiger partial charge in [-0.15, -0.1) is 0 Å². The minimum Gasteiger partial charge on any atom is -0.484 e. The van der Waals surface area contributed by atoms with E-state index in [1.54, 1.807) is 7.11 Å². The molecule has 0 atom stereocenters. The summed E-state index contributed by atoms with van der Waals surface area (Å²) in [5.74, 6) is 0.628. The van der Waals surface area contributed by atoms with Crippen molar-refractivity contribution < 1.29 is 14.3 Å². The number of carbonyl (C=O) groups excluding carboxylic acids is 1. The molecule has 1 amide bonds. The maximum Gasteiger partial charge on any atom is 0.257 e. The first-order chi connectivity index (χ1) is 8.72. The monoisotopic (exact) mass is 251 g/mol. The Bertz CT molecular complexity index is 349. The van der Waals surface area contributed by atoms with Gasteiger partial charge in [0.15, 0.2) is 6.61 Å². The Morgan fingerprint density at radius 2 is 1.94 bits per heavy atom. The van der Waals surface area contributed by atoms with E-state index in [4.69, 9.17) is 9.47 Å². The van der Waals surface area contributed by atoms with Gasteiger partial charge in [0.1, 0.15) is 5.75 Å². The first kappa shape index (κ1) is 14.5. The lowest BCUT2D eigenvalue weighted by atomic mass is 10.2. The van der Waals surface area contributed by atoms with Crippen LogP contribution in [0.15, 0.2) is 24.3 Å². The predicted octanol–water partition coefficient (Wildman–Crippen LogP) is 1.92. The van der Waals surface area contributed by atoms with Gasteiger partial charge in [0, 0.05) is 20.3 Å². The van der Waals surface area contributed by atoms with Gasteiger partial charge in [-0.05, 0) is 31.9 Å². The van der Waals surface area contributed by atoms with Crippen molar-refractivity contribution >= 4 is 5.91 Å². The molecule has 1 rings (SSSR count). The molecule has 100 valence electrons. The molecule has 0 aliphatic carbocycles. The third kappa shape index (κ3) is 6.25. The molecular formula is C14H21NO3. The van der Waals surface area contributed by atoms with E-state index >= 15 is 0 Å². The number of rotatable bonds is 8. The zero-order valence-electron chi connectivity index (χ0n) is 11.1. The molecule has 1 aromatic rings. The van der Waals surface area contributed by atoms with Crippen LogP contribution in [0.25, 0.3) is 0 Å². The molecule has 1 aromatic carbocycles. The Morgan fingerprint density at radius 1 is 1.22 bits per heavy atom. The van der Waals surface area contributed by atoms with Gasteiger partial charge in [-0.25, -0.2) is 0 Å². The molecule has 0 radical (unpaired) electrons. The molecule has 0 saturated heterocycles. The summed E-state index contributed by atoms with van der Waals surface area (Å²) >= 11 is 0. The maximum atomic E-state index is 11.4. The van der Waals surface area contributed by atoms with Crippen LogP contribution >= 0.6 is 0 Å². The SMILES string of the molecule is COCCCCNC(=O)COc1ccc(C)cc1. The zero-order chi connectivity index (χ0) is 13.2. The number of nitrogens with one attached hydrogen (secondary N) is 1. The fraction of sp³-hybridized carbons (Fsp3) is 0.500. The Labute approximate surface area is 108 Å². The molecule has 0 aliphatic heterocycles. The van der Waals surface area contributed by atoms with Crippen molar-refractivity contribution in [1.29, 1.82) is 0 Å². The number of hydrogen-bond acceptors (Lipinski definition) is 3. The molecule has 0 unspecified atom stereocenters. The molecule has 0 heterocycles. The van der Waals surface area contributed by atoms with Gasteiger partial charge in [-0.3, -0.25) is 4.79 Å². The average molecular weight is 251 g/mol.